The first-order valence-corrected chi connectivity index (χ1v) is 10.1. The fourth-order valence-electron chi connectivity index (χ4n) is 2.40. The zero-order chi connectivity index (χ0) is 16.8. The lowest BCUT2D eigenvalue weighted by atomic mass is 10.2. The zero-order valence-electron chi connectivity index (χ0n) is 14.1. The monoisotopic (exact) mass is 350 g/mol. The molecule has 0 radical (unpaired) electrons. The number of hydrogen-bond acceptors (Lipinski definition) is 2. The molecule has 0 aromatic heterocycles. The van der Waals surface area contributed by atoms with Crippen molar-refractivity contribution in [1.82, 2.24) is 0 Å². The molecule has 0 aliphatic rings. The standard InChI is InChI=1S/C22H22S2/c1-17-8-12-19(13-9-17)16-23-22(20-14-10-18(2)11-15-20)24-21-6-4-3-5-7-21/h3-15,22H,16H2,1-2H3. The molecule has 0 saturated heterocycles. The molecule has 24 heavy (non-hydrogen) atoms. The van der Waals surface area contributed by atoms with Crippen LogP contribution in [0.3, 0.4) is 0 Å². The number of rotatable bonds is 6. The molecule has 3 aromatic carbocycles. The van der Waals surface area contributed by atoms with Crippen LogP contribution in [-0.4, -0.2) is 0 Å². The topological polar surface area (TPSA) is 0 Å². The Morgan fingerprint density at radius 2 is 1.29 bits per heavy atom. The van der Waals surface area contributed by atoms with E-state index in [0.717, 1.165) is 5.75 Å². The Hall–Kier alpha value is -1.64. The van der Waals surface area contributed by atoms with E-state index in [4.69, 9.17) is 0 Å². The summed E-state index contributed by atoms with van der Waals surface area (Å²) >= 11 is 3.93. The van der Waals surface area contributed by atoms with Gasteiger partial charge in [0.05, 0.1) is 4.58 Å². The van der Waals surface area contributed by atoms with E-state index in [1.54, 1.807) is 0 Å². The molecule has 0 amide bonds. The Bertz CT molecular complexity index is 746. The number of benzene rings is 3. The normalized spacial score (nSPS) is 12.1. The summed E-state index contributed by atoms with van der Waals surface area (Å²) in [5, 5.41) is 0. The predicted molar refractivity (Wildman–Crippen MR) is 109 cm³/mol. The molecule has 0 spiro atoms. The van der Waals surface area contributed by atoms with Crippen molar-refractivity contribution in [3.8, 4) is 0 Å². The van der Waals surface area contributed by atoms with E-state index in [9.17, 15) is 0 Å². The van der Waals surface area contributed by atoms with Gasteiger partial charge < -0.3 is 0 Å². The third-order valence-corrected chi connectivity index (χ3v) is 6.66. The van der Waals surface area contributed by atoms with Crippen LogP contribution in [0.15, 0.2) is 83.8 Å². The van der Waals surface area contributed by atoms with E-state index in [1.165, 1.54) is 27.1 Å². The maximum atomic E-state index is 2.26. The van der Waals surface area contributed by atoms with E-state index in [1.807, 2.05) is 23.5 Å². The van der Waals surface area contributed by atoms with E-state index >= 15 is 0 Å². The van der Waals surface area contributed by atoms with Crippen LogP contribution in [-0.2, 0) is 5.75 Å². The molecule has 0 fully saturated rings. The van der Waals surface area contributed by atoms with Gasteiger partial charge >= 0.3 is 0 Å². The first kappa shape index (κ1) is 17.2. The minimum atomic E-state index is 0.398. The molecular weight excluding hydrogens is 328 g/mol. The molecule has 0 heterocycles. The van der Waals surface area contributed by atoms with Gasteiger partial charge in [-0.15, -0.1) is 23.5 Å². The molecule has 2 heteroatoms. The Balaban J connectivity index is 1.76. The Kier molecular flexibility index (Phi) is 6.06. The van der Waals surface area contributed by atoms with E-state index < -0.39 is 0 Å². The van der Waals surface area contributed by atoms with Gasteiger partial charge in [0.1, 0.15) is 0 Å². The molecule has 0 nitrogen and oxygen atoms in total. The molecule has 0 bridgehead atoms. The van der Waals surface area contributed by atoms with Crippen molar-refractivity contribution < 1.29 is 0 Å². The summed E-state index contributed by atoms with van der Waals surface area (Å²) in [4.78, 5) is 1.32. The number of thioether (sulfide) groups is 2. The van der Waals surface area contributed by atoms with Crippen molar-refractivity contribution in [2.75, 3.05) is 0 Å². The van der Waals surface area contributed by atoms with Gasteiger partial charge in [-0.2, -0.15) is 0 Å². The molecule has 3 aromatic rings. The summed E-state index contributed by atoms with van der Waals surface area (Å²) in [6.45, 7) is 4.28. The van der Waals surface area contributed by atoms with Gasteiger partial charge in [0.2, 0.25) is 0 Å². The summed E-state index contributed by atoms with van der Waals surface area (Å²) in [5.41, 5.74) is 5.39. The van der Waals surface area contributed by atoms with Crippen LogP contribution in [0, 0.1) is 13.8 Å². The maximum absolute atomic E-state index is 2.26. The van der Waals surface area contributed by atoms with Gasteiger partial charge in [0.25, 0.3) is 0 Å². The van der Waals surface area contributed by atoms with Gasteiger partial charge in [0.15, 0.2) is 0 Å². The smallest absolute Gasteiger partial charge is 0.0801 e. The first-order valence-electron chi connectivity index (χ1n) is 8.16. The lowest BCUT2D eigenvalue weighted by molar-refractivity contribution is 1.30. The van der Waals surface area contributed by atoms with E-state index in [0.29, 0.717) is 4.58 Å². The van der Waals surface area contributed by atoms with Gasteiger partial charge in [-0.25, -0.2) is 0 Å². The van der Waals surface area contributed by atoms with E-state index in [2.05, 4.69) is 92.7 Å². The van der Waals surface area contributed by atoms with Gasteiger partial charge in [-0.1, -0.05) is 77.9 Å². The molecule has 1 atom stereocenters. The molecule has 1 unspecified atom stereocenters. The van der Waals surface area contributed by atoms with Crippen LogP contribution in [0.5, 0.6) is 0 Å². The molecule has 0 N–H and O–H groups in total. The second kappa shape index (κ2) is 8.46. The third-order valence-electron chi connectivity index (χ3n) is 3.86. The van der Waals surface area contributed by atoms with Gasteiger partial charge in [-0.05, 0) is 37.1 Å². The maximum Gasteiger partial charge on any atom is 0.0801 e. The molecule has 122 valence electrons. The van der Waals surface area contributed by atoms with Crippen molar-refractivity contribution in [2.24, 2.45) is 0 Å². The molecular formula is C22H22S2. The van der Waals surface area contributed by atoms with Crippen molar-refractivity contribution in [2.45, 2.75) is 29.1 Å². The van der Waals surface area contributed by atoms with Gasteiger partial charge in [-0.3, -0.25) is 0 Å². The van der Waals surface area contributed by atoms with Crippen LogP contribution < -0.4 is 0 Å². The second-order valence-electron chi connectivity index (χ2n) is 5.97. The van der Waals surface area contributed by atoms with E-state index in [-0.39, 0.29) is 0 Å². The quantitative estimate of drug-likeness (QED) is 0.346. The summed E-state index contributed by atoms with van der Waals surface area (Å²) in [6.07, 6.45) is 0. The highest BCUT2D eigenvalue weighted by Crippen LogP contribution is 2.44. The van der Waals surface area contributed by atoms with Crippen LogP contribution in [0.2, 0.25) is 0 Å². The van der Waals surface area contributed by atoms with Crippen molar-refractivity contribution in [3.05, 3.63) is 101 Å². The lowest BCUT2D eigenvalue weighted by Crippen LogP contribution is -1.92. The third kappa shape index (κ3) is 4.93. The molecule has 3 rings (SSSR count). The minimum Gasteiger partial charge on any atom is -0.138 e. The molecule has 0 aliphatic carbocycles. The Morgan fingerprint density at radius 1 is 0.708 bits per heavy atom. The summed E-state index contributed by atoms with van der Waals surface area (Å²) in [6, 6.07) is 28.5. The first-order chi connectivity index (χ1) is 11.7. The molecule has 0 saturated carbocycles. The lowest BCUT2D eigenvalue weighted by Gasteiger charge is -2.17. The summed E-state index contributed by atoms with van der Waals surface area (Å²) < 4.78 is 0.398. The van der Waals surface area contributed by atoms with Crippen molar-refractivity contribution in [3.63, 3.8) is 0 Å². The SMILES string of the molecule is Cc1ccc(CSC(Sc2ccccc2)c2ccc(C)cc2)cc1. The summed E-state index contributed by atoms with van der Waals surface area (Å²) in [5.74, 6) is 1.03. The summed E-state index contributed by atoms with van der Waals surface area (Å²) in [7, 11) is 0. The van der Waals surface area contributed by atoms with Crippen LogP contribution in [0.1, 0.15) is 26.8 Å². The molecule has 0 aliphatic heterocycles. The van der Waals surface area contributed by atoms with Crippen molar-refractivity contribution >= 4 is 23.5 Å². The number of aryl methyl sites for hydroxylation is 2. The predicted octanol–water partition coefficient (Wildman–Crippen LogP) is 7.03. The number of hydrogen-bond donors (Lipinski definition) is 0. The fraction of sp³-hybridized carbons (Fsp3) is 0.182. The average molecular weight is 351 g/mol. The zero-order valence-corrected chi connectivity index (χ0v) is 15.7. The van der Waals surface area contributed by atoms with Crippen LogP contribution in [0.4, 0.5) is 0 Å². The van der Waals surface area contributed by atoms with Gasteiger partial charge in [0, 0.05) is 10.6 Å². The van der Waals surface area contributed by atoms with Crippen LogP contribution in [0.25, 0.3) is 0 Å². The highest BCUT2D eigenvalue weighted by atomic mass is 32.2. The Labute approximate surface area is 153 Å². The fourth-order valence-corrected chi connectivity index (χ4v) is 4.95. The Morgan fingerprint density at radius 3 is 1.92 bits per heavy atom. The highest BCUT2D eigenvalue weighted by molar-refractivity contribution is 8.16. The highest BCUT2D eigenvalue weighted by Gasteiger charge is 2.14. The average Bonchev–Trinajstić information content (AvgIpc) is 2.62. The minimum absolute atomic E-state index is 0.398. The van der Waals surface area contributed by atoms with Crippen LogP contribution >= 0.6 is 23.5 Å². The van der Waals surface area contributed by atoms with Crippen molar-refractivity contribution in [1.29, 1.82) is 0 Å². The largest absolute Gasteiger partial charge is 0.138 e. The second-order valence-corrected chi connectivity index (χ2v) is 8.54.